The molecule has 0 spiro atoms. The molecular formula is C9H10N2O6. The molecule has 0 aliphatic heterocycles. The van der Waals surface area contributed by atoms with Crippen molar-refractivity contribution >= 4 is 11.6 Å². The van der Waals surface area contributed by atoms with Gasteiger partial charge in [0.1, 0.15) is 6.10 Å². The van der Waals surface area contributed by atoms with Gasteiger partial charge in [-0.2, -0.15) is 0 Å². The second kappa shape index (κ2) is 4.76. The first-order valence-electron chi connectivity index (χ1n) is 4.48. The molecule has 1 amide bonds. The van der Waals surface area contributed by atoms with Crippen molar-refractivity contribution in [1.82, 2.24) is 0 Å². The minimum Gasteiger partial charge on any atom is -0.502 e. The van der Waals surface area contributed by atoms with Crippen LogP contribution in [0.1, 0.15) is 11.7 Å². The van der Waals surface area contributed by atoms with Crippen molar-refractivity contribution in [2.75, 3.05) is 0 Å². The largest absolute Gasteiger partial charge is 0.502 e. The number of benzene rings is 1. The number of carbonyl (C=O) groups is 1. The van der Waals surface area contributed by atoms with Gasteiger partial charge in [-0.25, -0.2) is 0 Å². The highest BCUT2D eigenvalue weighted by molar-refractivity contribution is 5.79. The van der Waals surface area contributed by atoms with Gasteiger partial charge in [0.05, 0.1) is 4.92 Å². The maximum Gasteiger partial charge on any atom is 0.311 e. The summed E-state index contributed by atoms with van der Waals surface area (Å²) in [5.41, 5.74) is 3.78. The van der Waals surface area contributed by atoms with E-state index in [4.69, 9.17) is 5.73 Å². The standard InChI is InChI=1S/C9H10N2O6/c10-9(15)8(14)7(13)4-2-1-3-5(6(4)12)11(16)17/h1-3,7-8,12-14H,(H2,10,15). The van der Waals surface area contributed by atoms with Crippen LogP contribution in [0.4, 0.5) is 5.69 Å². The zero-order valence-corrected chi connectivity index (χ0v) is 8.48. The van der Waals surface area contributed by atoms with E-state index in [1.54, 1.807) is 0 Å². The van der Waals surface area contributed by atoms with Crippen LogP contribution in [-0.2, 0) is 4.79 Å². The lowest BCUT2D eigenvalue weighted by Crippen LogP contribution is -2.33. The Morgan fingerprint density at radius 2 is 2.00 bits per heavy atom. The van der Waals surface area contributed by atoms with Crippen LogP contribution in [0.3, 0.4) is 0 Å². The number of nitrogens with two attached hydrogens (primary N) is 1. The summed E-state index contributed by atoms with van der Waals surface area (Å²) in [4.78, 5) is 20.3. The summed E-state index contributed by atoms with van der Waals surface area (Å²) < 4.78 is 0. The van der Waals surface area contributed by atoms with Crippen molar-refractivity contribution in [3.63, 3.8) is 0 Å². The van der Waals surface area contributed by atoms with Crippen molar-refractivity contribution < 1.29 is 25.0 Å². The minimum atomic E-state index is -1.96. The number of phenols is 1. The van der Waals surface area contributed by atoms with Gasteiger partial charge in [-0.1, -0.05) is 12.1 Å². The predicted molar refractivity (Wildman–Crippen MR) is 54.9 cm³/mol. The number of nitro groups is 1. The van der Waals surface area contributed by atoms with Crippen molar-refractivity contribution in [1.29, 1.82) is 0 Å². The lowest BCUT2D eigenvalue weighted by atomic mass is 10.0. The molecule has 0 bridgehead atoms. The lowest BCUT2D eigenvalue weighted by Gasteiger charge is -2.15. The number of aliphatic hydroxyl groups is 2. The Bertz CT molecular complexity index is 461. The Morgan fingerprint density at radius 1 is 1.41 bits per heavy atom. The summed E-state index contributed by atoms with van der Waals surface area (Å²) in [6.07, 6.45) is -3.78. The summed E-state index contributed by atoms with van der Waals surface area (Å²) in [6.45, 7) is 0. The van der Waals surface area contributed by atoms with Crippen molar-refractivity contribution in [3.8, 4) is 5.75 Å². The number of rotatable bonds is 4. The molecule has 17 heavy (non-hydrogen) atoms. The molecule has 0 saturated carbocycles. The summed E-state index contributed by atoms with van der Waals surface area (Å²) in [6, 6.07) is 3.35. The summed E-state index contributed by atoms with van der Waals surface area (Å²) in [7, 11) is 0. The van der Waals surface area contributed by atoms with Gasteiger partial charge in [0.25, 0.3) is 0 Å². The Labute approximate surface area is 95.1 Å². The molecule has 8 nitrogen and oxygen atoms in total. The molecule has 2 atom stereocenters. The predicted octanol–water partition coefficient (Wildman–Crippen LogP) is -0.820. The smallest absolute Gasteiger partial charge is 0.311 e. The first kappa shape index (κ1) is 12.9. The molecule has 1 aromatic carbocycles. The number of carbonyl (C=O) groups excluding carboxylic acids is 1. The Hall–Kier alpha value is -2.19. The van der Waals surface area contributed by atoms with Gasteiger partial charge in [-0.15, -0.1) is 0 Å². The van der Waals surface area contributed by atoms with Crippen LogP contribution in [-0.4, -0.2) is 32.3 Å². The Balaban J connectivity index is 3.19. The zero-order valence-electron chi connectivity index (χ0n) is 8.48. The average Bonchev–Trinajstić information content (AvgIpc) is 2.26. The third-order valence-electron chi connectivity index (χ3n) is 2.15. The third-order valence-corrected chi connectivity index (χ3v) is 2.15. The highest BCUT2D eigenvalue weighted by atomic mass is 16.6. The van der Waals surface area contributed by atoms with Crippen LogP contribution < -0.4 is 5.73 Å². The summed E-state index contributed by atoms with van der Waals surface area (Å²) in [5, 5.41) is 38.7. The normalized spacial score (nSPS) is 14.0. The third kappa shape index (κ3) is 2.49. The fraction of sp³-hybridized carbons (Fsp3) is 0.222. The van der Waals surface area contributed by atoms with E-state index in [0.29, 0.717) is 0 Å². The van der Waals surface area contributed by atoms with E-state index in [2.05, 4.69) is 0 Å². The number of hydrogen-bond acceptors (Lipinski definition) is 6. The van der Waals surface area contributed by atoms with Gasteiger partial charge in [0, 0.05) is 11.6 Å². The molecule has 92 valence electrons. The zero-order chi connectivity index (χ0) is 13.2. The number of hydrogen-bond donors (Lipinski definition) is 4. The van der Waals surface area contributed by atoms with Gasteiger partial charge in [0.15, 0.2) is 11.9 Å². The molecule has 0 aliphatic carbocycles. The van der Waals surface area contributed by atoms with Gasteiger partial charge in [-0.3, -0.25) is 14.9 Å². The van der Waals surface area contributed by atoms with Crippen LogP contribution >= 0.6 is 0 Å². The molecule has 0 aromatic heterocycles. The van der Waals surface area contributed by atoms with Gasteiger partial charge < -0.3 is 21.1 Å². The number of para-hydroxylation sites is 1. The second-order valence-corrected chi connectivity index (χ2v) is 3.26. The van der Waals surface area contributed by atoms with E-state index < -0.39 is 34.5 Å². The monoisotopic (exact) mass is 242 g/mol. The van der Waals surface area contributed by atoms with Crippen molar-refractivity contribution in [2.45, 2.75) is 12.2 Å². The number of primary amides is 1. The first-order chi connectivity index (χ1) is 7.86. The Morgan fingerprint density at radius 3 is 2.47 bits per heavy atom. The van der Waals surface area contributed by atoms with Crippen LogP contribution in [0.5, 0.6) is 5.75 Å². The summed E-state index contributed by atoms with van der Waals surface area (Å²) in [5.74, 6) is -2.02. The lowest BCUT2D eigenvalue weighted by molar-refractivity contribution is -0.386. The number of phenolic OH excluding ortho intramolecular Hbond substituents is 1. The molecule has 1 rings (SSSR count). The van der Waals surface area contributed by atoms with E-state index >= 15 is 0 Å². The first-order valence-corrected chi connectivity index (χ1v) is 4.48. The van der Waals surface area contributed by atoms with Crippen LogP contribution in [0, 0.1) is 10.1 Å². The van der Waals surface area contributed by atoms with Gasteiger partial charge in [-0.05, 0) is 0 Å². The highest BCUT2D eigenvalue weighted by Crippen LogP contribution is 2.34. The maximum absolute atomic E-state index is 10.6. The number of nitrogens with zero attached hydrogens (tertiary/aromatic N) is 1. The fourth-order valence-electron chi connectivity index (χ4n) is 1.26. The number of nitro benzene ring substituents is 1. The van der Waals surface area contributed by atoms with Crippen molar-refractivity contribution in [2.24, 2.45) is 5.73 Å². The second-order valence-electron chi connectivity index (χ2n) is 3.26. The molecule has 1 aromatic rings. The van der Waals surface area contributed by atoms with Gasteiger partial charge in [0.2, 0.25) is 5.91 Å². The molecule has 0 aliphatic rings. The molecule has 0 heterocycles. The van der Waals surface area contributed by atoms with E-state index in [1.807, 2.05) is 0 Å². The molecule has 8 heteroatoms. The van der Waals surface area contributed by atoms with E-state index in [1.165, 1.54) is 6.07 Å². The number of aromatic hydroxyl groups is 1. The minimum absolute atomic E-state index is 0.342. The van der Waals surface area contributed by atoms with E-state index in [9.17, 15) is 30.2 Å². The molecular weight excluding hydrogens is 232 g/mol. The highest BCUT2D eigenvalue weighted by Gasteiger charge is 2.28. The molecule has 0 saturated heterocycles. The molecule has 5 N–H and O–H groups in total. The van der Waals surface area contributed by atoms with Crippen LogP contribution in [0.15, 0.2) is 18.2 Å². The number of amides is 1. The topological polar surface area (TPSA) is 147 Å². The summed E-state index contributed by atoms with van der Waals surface area (Å²) >= 11 is 0. The van der Waals surface area contributed by atoms with Gasteiger partial charge >= 0.3 is 5.69 Å². The van der Waals surface area contributed by atoms with E-state index in [0.717, 1.165) is 12.1 Å². The van der Waals surface area contributed by atoms with Crippen LogP contribution in [0.25, 0.3) is 0 Å². The number of aliphatic hydroxyl groups excluding tert-OH is 2. The molecule has 0 radical (unpaired) electrons. The SMILES string of the molecule is NC(=O)C(O)C(O)c1cccc([N+](=O)[O-])c1O. The Kier molecular flexibility index (Phi) is 3.61. The van der Waals surface area contributed by atoms with Crippen molar-refractivity contribution in [3.05, 3.63) is 33.9 Å². The molecule has 2 unspecified atom stereocenters. The fourth-order valence-corrected chi connectivity index (χ4v) is 1.26. The average molecular weight is 242 g/mol. The maximum atomic E-state index is 10.6. The quantitative estimate of drug-likeness (QED) is 0.400. The molecule has 0 fully saturated rings. The van der Waals surface area contributed by atoms with Crippen LogP contribution in [0.2, 0.25) is 0 Å². The van der Waals surface area contributed by atoms with E-state index in [-0.39, 0.29) is 5.56 Å².